The predicted octanol–water partition coefficient (Wildman–Crippen LogP) is 4.72. The molecule has 2 heterocycles. The number of aromatic nitrogens is 3. The Labute approximate surface area is 189 Å². The minimum atomic E-state index is -0.378. The van der Waals surface area contributed by atoms with E-state index in [2.05, 4.69) is 58.4 Å². The van der Waals surface area contributed by atoms with Crippen molar-refractivity contribution in [3.63, 3.8) is 0 Å². The number of nitrogens with zero attached hydrogens (tertiary/aromatic N) is 3. The minimum Gasteiger partial charge on any atom is -0.489 e. The summed E-state index contributed by atoms with van der Waals surface area (Å²) in [6.45, 7) is 8.36. The molecule has 0 spiro atoms. The van der Waals surface area contributed by atoms with Gasteiger partial charge in [-0.25, -0.2) is 15.0 Å². The van der Waals surface area contributed by atoms with Gasteiger partial charge in [-0.3, -0.25) is 4.79 Å². The van der Waals surface area contributed by atoms with Gasteiger partial charge < -0.3 is 10.1 Å². The third-order valence-electron chi connectivity index (χ3n) is 6.17. The number of aryl methyl sites for hydroxylation is 4. The molecule has 6 nitrogen and oxygen atoms in total. The molecule has 166 valence electrons. The summed E-state index contributed by atoms with van der Waals surface area (Å²) in [4.78, 5) is 26.2. The first-order valence-corrected chi connectivity index (χ1v) is 11.2. The van der Waals surface area contributed by atoms with Crippen molar-refractivity contribution in [2.75, 3.05) is 11.9 Å². The molecule has 2 atom stereocenters. The number of rotatable bonds is 8. The van der Waals surface area contributed by atoms with E-state index in [4.69, 9.17) is 4.74 Å². The smallest absolute Gasteiger partial charge is 0.229 e. The van der Waals surface area contributed by atoms with Gasteiger partial charge in [-0.05, 0) is 50.8 Å². The van der Waals surface area contributed by atoms with E-state index in [1.807, 2.05) is 32.2 Å². The van der Waals surface area contributed by atoms with E-state index < -0.39 is 0 Å². The van der Waals surface area contributed by atoms with Crippen LogP contribution in [0.25, 0.3) is 0 Å². The Kier molecular flexibility index (Phi) is 6.21. The summed E-state index contributed by atoms with van der Waals surface area (Å²) in [5.74, 6) is 1.74. The van der Waals surface area contributed by atoms with E-state index in [0.29, 0.717) is 24.0 Å². The fourth-order valence-electron chi connectivity index (χ4n) is 4.17. The lowest BCUT2D eigenvalue weighted by Gasteiger charge is -2.20. The zero-order chi connectivity index (χ0) is 22.7. The first-order valence-electron chi connectivity index (χ1n) is 11.2. The maximum absolute atomic E-state index is 13.1. The second-order valence-corrected chi connectivity index (χ2v) is 8.73. The number of ether oxygens (including phenoxy) is 1. The second-order valence-electron chi connectivity index (χ2n) is 8.73. The Hall–Kier alpha value is -3.28. The Morgan fingerprint density at radius 1 is 1.09 bits per heavy atom. The van der Waals surface area contributed by atoms with Crippen LogP contribution in [0.5, 0.6) is 5.75 Å². The highest BCUT2D eigenvalue weighted by Gasteiger charge is 2.60. The SMILES string of the molecule is CCCc1ccc(NC(=O)C2CC2(COc2cnc(C)nc2C)c2ccc(C)cc2)nc1. The van der Waals surface area contributed by atoms with E-state index in [0.717, 1.165) is 30.5 Å². The lowest BCUT2D eigenvalue weighted by molar-refractivity contribution is -0.117. The molecule has 32 heavy (non-hydrogen) atoms. The molecule has 0 aliphatic heterocycles. The van der Waals surface area contributed by atoms with Gasteiger partial charge in [0.25, 0.3) is 0 Å². The van der Waals surface area contributed by atoms with Crippen LogP contribution >= 0.6 is 0 Å². The average molecular weight is 431 g/mol. The Bertz CT molecular complexity index is 1100. The summed E-state index contributed by atoms with van der Waals surface area (Å²) in [6.07, 6.45) is 6.32. The van der Waals surface area contributed by atoms with Crippen LogP contribution in [0.3, 0.4) is 0 Å². The van der Waals surface area contributed by atoms with Gasteiger partial charge in [0.15, 0.2) is 5.75 Å². The second kappa shape index (κ2) is 9.07. The Balaban J connectivity index is 1.52. The van der Waals surface area contributed by atoms with E-state index >= 15 is 0 Å². The van der Waals surface area contributed by atoms with Crippen LogP contribution in [0.4, 0.5) is 5.82 Å². The lowest BCUT2D eigenvalue weighted by atomic mass is 9.93. The van der Waals surface area contributed by atoms with E-state index in [-0.39, 0.29) is 17.2 Å². The van der Waals surface area contributed by atoms with Crippen molar-refractivity contribution >= 4 is 11.7 Å². The highest BCUT2D eigenvalue weighted by Crippen LogP contribution is 2.55. The molecule has 2 aromatic heterocycles. The summed E-state index contributed by atoms with van der Waals surface area (Å²) in [5, 5.41) is 3.00. The van der Waals surface area contributed by atoms with Crippen LogP contribution < -0.4 is 10.1 Å². The molecule has 1 aliphatic carbocycles. The molecule has 0 bridgehead atoms. The van der Waals surface area contributed by atoms with Gasteiger partial charge in [-0.1, -0.05) is 49.2 Å². The van der Waals surface area contributed by atoms with Crippen molar-refractivity contribution in [1.82, 2.24) is 15.0 Å². The van der Waals surface area contributed by atoms with E-state index in [1.54, 1.807) is 6.20 Å². The van der Waals surface area contributed by atoms with Crippen molar-refractivity contribution in [1.29, 1.82) is 0 Å². The molecular weight excluding hydrogens is 400 g/mol. The van der Waals surface area contributed by atoms with Gasteiger partial charge in [-0.15, -0.1) is 0 Å². The molecule has 0 saturated heterocycles. The third-order valence-corrected chi connectivity index (χ3v) is 6.17. The van der Waals surface area contributed by atoms with Gasteiger partial charge in [0.1, 0.15) is 11.6 Å². The van der Waals surface area contributed by atoms with Crippen LogP contribution in [0.1, 0.15) is 48.0 Å². The molecule has 6 heteroatoms. The summed E-state index contributed by atoms with van der Waals surface area (Å²) in [7, 11) is 0. The van der Waals surface area contributed by atoms with Crippen molar-refractivity contribution in [2.45, 2.75) is 52.4 Å². The first-order chi connectivity index (χ1) is 15.4. The number of benzene rings is 1. The van der Waals surface area contributed by atoms with Gasteiger partial charge >= 0.3 is 0 Å². The third kappa shape index (κ3) is 4.64. The van der Waals surface area contributed by atoms with Crippen molar-refractivity contribution in [3.05, 3.63) is 77.0 Å². The van der Waals surface area contributed by atoms with Gasteiger partial charge in [0.05, 0.1) is 24.4 Å². The maximum Gasteiger partial charge on any atom is 0.229 e. The van der Waals surface area contributed by atoms with Crippen LogP contribution in [0, 0.1) is 26.7 Å². The maximum atomic E-state index is 13.1. The zero-order valence-corrected chi connectivity index (χ0v) is 19.2. The quantitative estimate of drug-likeness (QED) is 0.559. The molecule has 3 aromatic rings. The summed E-state index contributed by atoms with van der Waals surface area (Å²) < 4.78 is 6.16. The normalized spacial score (nSPS) is 19.4. The number of anilines is 1. The zero-order valence-electron chi connectivity index (χ0n) is 19.2. The van der Waals surface area contributed by atoms with Crippen LogP contribution in [-0.4, -0.2) is 27.5 Å². The van der Waals surface area contributed by atoms with E-state index in [1.165, 1.54) is 11.1 Å². The summed E-state index contributed by atoms with van der Waals surface area (Å²) in [5.41, 5.74) is 3.90. The molecule has 2 unspecified atom stereocenters. The largest absolute Gasteiger partial charge is 0.489 e. The van der Waals surface area contributed by atoms with Crippen molar-refractivity contribution in [3.8, 4) is 5.75 Å². The number of carbonyl (C=O) groups excluding carboxylic acids is 1. The molecule has 1 aromatic carbocycles. The molecular formula is C26H30N4O2. The van der Waals surface area contributed by atoms with Crippen molar-refractivity contribution in [2.24, 2.45) is 5.92 Å². The fourth-order valence-corrected chi connectivity index (χ4v) is 4.17. The van der Waals surface area contributed by atoms with Crippen LogP contribution in [-0.2, 0) is 16.6 Å². The first kappa shape index (κ1) is 21.9. The topological polar surface area (TPSA) is 77.0 Å². The Morgan fingerprint density at radius 3 is 2.53 bits per heavy atom. The standard InChI is InChI=1S/C26H30N4O2/c1-5-6-20-9-12-24(28-14-20)30-25(31)22-13-26(22,21-10-7-17(2)8-11-21)16-32-23-15-27-19(4)29-18(23)3/h7-12,14-15,22H,5-6,13,16H2,1-4H3,(H,28,30,31). The van der Waals surface area contributed by atoms with Gasteiger partial charge in [0, 0.05) is 11.6 Å². The fraction of sp³-hybridized carbons (Fsp3) is 0.385. The summed E-state index contributed by atoms with van der Waals surface area (Å²) in [6, 6.07) is 12.3. The van der Waals surface area contributed by atoms with Crippen LogP contribution in [0.15, 0.2) is 48.8 Å². The minimum absolute atomic E-state index is 0.0261. The molecule has 1 aliphatic rings. The molecule has 1 fully saturated rings. The Morgan fingerprint density at radius 2 is 1.88 bits per heavy atom. The summed E-state index contributed by atoms with van der Waals surface area (Å²) >= 11 is 0. The molecule has 1 saturated carbocycles. The molecule has 1 N–H and O–H groups in total. The van der Waals surface area contributed by atoms with Gasteiger partial charge in [-0.2, -0.15) is 0 Å². The highest BCUT2D eigenvalue weighted by atomic mass is 16.5. The molecule has 4 rings (SSSR count). The number of nitrogens with one attached hydrogen (secondary N) is 1. The monoisotopic (exact) mass is 430 g/mol. The van der Waals surface area contributed by atoms with Crippen LogP contribution in [0.2, 0.25) is 0 Å². The average Bonchev–Trinajstić information content (AvgIpc) is 3.51. The number of carbonyl (C=O) groups is 1. The predicted molar refractivity (Wildman–Crippen MR) is 125 cm³/mol. The number of amides is 1. The number of hydrogen-bond donors (Lipinski definition) is 1. The molecule has 0 radical (unpaired) electrons. The molecule has 1 amide bonds. The van der Waals surface area contributed by atoms with Gasteiger partial charge in [0.2, 0.25) is 5.91 Å². The van der Waals surface area contributed by atoms with Crippen molar-refractivity contribution < 1.29 is 9.53 Å². The highest BCUT2D eigenvalue weighted by molar-refractivity contribution is 5.95. The lowest BCUT2D eigenvalue weighted by Crippen LogP contribution is -2.27. The number of pyridine rings is 1. The van der Waals surface area contributed by atoms with E-state index in [9.17, 15) is 4.79 Å². The number of hydrogen-bond acceptors (Lipinski definition) is 5.